The first-order chi connectivity index (χ1) is 11.7. The molecule has 0 saturated heterocycles. The van der Waals surface area contributed by atoms with Gasteiger partial charge in [-0.3, -0.25) is 0 Å². The molecule has 1 aromatic heterocycles. The van der Waals surface area contributed by atoms with E-state index >= 15 is 0 Å². The van der Waals surface area contributed by atoms with Crippen molar-refractivity contribution in [3.63, 3.8) is 0 Å². The summed E-state index contributed by atoms with van der Waals surface area (Å²) in [5, 5.41) is 10.4. The average molecular weight is 457 g/mol. The van der Waals surface area contributed by atoms with E-state index in [1.807, 2.05) is 6.92 Å². The minimum atomic E-state index is 0. The number of aryl methyl sites for hydroxylation is 1. The quantitative estimate of drug-likeness (QED) is 0.393. The Hall–Kier alpha value is -1.84. The molecule has 0 atom stereocenters. The maximum atomic E-state index is 5.54. The number of benzene rings is 1. The van der Waals surface area contributed by atoms with Crippen LogP contribution in [0.5, 0.6) is 5.75 Å². The molecular formula is C17H24IN5O2. The summed E-state index contributed by atoms with van der Waals surface area (Å²) in [6, 6.07) is 6.42. The number of rotatable bonds is 6. The van der Waals surface area contributed by atoms with Gasteiger partial charge in [0.15, 0.2) is 11.8 Å². The van der Waals surface area contributed by atoms with Gasteiger partial charge in [-0.1, -0.05) is 17.3 Å². The Bertz CT molecular complexity index is 717. The van der Waals surface area contributed by atoms with Crippen LogP contribution in [0.15, 0.2) is 27.7 Å². The Kier molecular flexibility index (Phi) is 7.48. The summed E-state index contributed by atoms with van der Waals surface area (Å²) in [5.41, 5.74) is 2.61. The van der Waals surface area contributed by atoms with Crippen LogP contribution in [0.2, 0.25) is 0 Å². The van der Waals surface area contributed by atoms with Crippen LogP contribution in [0.3, 0.4) is 0 Å². The Morgan fingerprint density at radius 1 is 1.32 bits per heavy atom. The van der Waals surface area contributed by atoms with Gasteiger partial charge >= 0.3 is 0 Å². The molecule has 2 N–H and O–H groups in total. The fourth-order valence-electron chi connectivity index (χ4n) is 2.62. The van der Waals surface area contributed by atoms with Crippen LogP contribution in [0.4, 0.5) is 0 Å². The second kappa shape index (κ2) is 9.59. The van der Waals surface area contributed by atoms with Gasteiger partial charge in [-0.25, -0.2) is 4.99 Å². The number of hydrogen-bond acceptors (Lipinski definition) is 5. The zero-order chi connectivity index (χ0) is 16.8. The zero-order valence-electron chi connectivity index (χ0n) is 14.5. The van der Waals surface area contributed by atoms with Gasteiger partial charge in [-0.05, 0) is 30.5 Å². The molecule has 0 spiro atoms. The first-order valence-corrected chi connectivity index (χ1v) is 8.30. The van der Waals surface area contributed by atoms with Crippen molar-refractivity contribution in [3.8, 4) is 5.75 Å². The monoisotopic (exact) mass is 457 g/mol. The lowest BCUT2D eigenvalue weighted by atomic mass is 10.1. The smallest absolute Gasteiger partial charge is 0.223 e. The van der Waals surface area contributed by atoms with E-state index in [4.69, 9.17) is 9.26 Å². The van der Waals surface area contributed by atoms with Crippen molar-refractivity contribution in [2.24, 2.45) is 4.99 Å². The zero-order valence-corrected chi connectivity index (χ0v) is 16.9. The van der Waals surface area contributed by atoms with E-state index in [1.54, 1.807) is 6.92 Å². The molecule has 2 aromatic rings. The molecule has 7 nitrogen and oxygen atoms in total. The summed E-state index contributed by atoms with van der Waals surface area (Å²) in [6.45, 7) is 6.60. The molecule has 0 amide bonds. The lowest BCUT2D eigenvalue weighted by molar-refractivity contribution is 0.357. The number of nitrogens with zero attached hydrogens (tertiary/aromatic N) is 3. The summed E-state index contributed by atoms with van der Waals surface area (Å²) < 4.78 is 10.5. The van der Waals surface area contributed by atoms with Crippen LogP contribution in [-0.4, -0.2) is 35.8 Å². The van der Waals surface area contributed by atoms with Crippen molar-refractivity contribution < 1.29 is 9.26 Å². The predicted molar refractivity (Wildman–Crippen MR) is 107 cm³/mol. The minimum absolute atomic E-state index is 0. The fraction of sp³-hybridized carbons (Fsp3) is 0.471. The van der Waals surface area contributed by atoms with Gasteiger partial charge in [0.25, 0.3) is 0 Å². The molecule has 1 aliphatic heterocycles. The maximum Gasteiger partial charge on any atom is 0.223 e. The van der Waals surface area contributed by atoms with Gasteiger partial charge in [0.2, 0.25) is 5.89 Å². The third-order valence-corrected chi connectivity index (χ3v) is 3.75. The van der Waals surface area contributed by atoms with Gasteiger partial charge in [0, 0.05) is 26.4 Å². The van der Waals surface area contributed by atoms with Crippen molar-refractivity contribution in [2.75, 3.05) is 19.7 Å². The molecule has 25 heavy (non-hydrogen) atoms. The summed E-state index contributed by atoms with van der Waals surface area (Å²) in [5.74, 6) is 2.92. The number of aromatic nitrogens is 2. The highest BCUT2D eigenvalue weighted by atomic mass is 127. The van der Waals surface area contributed by atoms with Crippen LogP contribution < -0.4 is 15.4 Å². The van der Waals surface area contributed by atoms with Gasteiger partial charge in [0.1, 0.15) is 12.3 Å². The van der Waals surface area contributed by atoms with Gasteiger partial charge in [-0.15, -0.1) is 24.0 Å². The minimum Gasteiger partial charge on any atom is -0.493 e. The molecule has 0 saturated carbocycles. The number of ether oxygens (including phenoxy) is 1. The van der Waals surface area contributed by atoms with E-state index in [2.05, 4.69) is 44.0 Å². The highest BCUT2D eigenvalue weighted by Gasteiger charge is 2.11. The van der Waals surface area contributed by atoms with Crippen molar-refractivity contribution in [1.29, 1.82) is 0 Å². The third-order valence-electron chi connectivity index (χ3n) is 3.75. The van der Waals surface area contributed by atoms with Crippen molar-refractivity contribution in [3.05, 3.63) is 41.0 Å². The fourth-order valence-corrected chi connectivity index (χ4v) is 2.62. The average Bonchev–Trinajstić information content (AvgIpc) is 3.20. The molecule has 1 aromatic carbocycles. The summed E-state index contributed by atoms with van der Waals surface area (Å²) in [4.78, 5) is 8.63. The van der Waals surface area contributed by atoms with Crippen molar-refractivity contribution in [2.45, 2.75) is 33.2 Å². The topological polar surface area (TPSA) is 84.6 Å². The Labute approximate surface area is 164 Å². The van der Waals surface area contributed by atoms with Gasteiger partial charge in [0.05, 0.1) is 6.61 Å². The summed E-state index contributed by atoms with van der Waals surface area (Å²) in [6.07, 6.45) is 1.93. The van der Waals surface area contributed by atoms with Gasteiger partial charge in [-0.2, -0.15) is 4.98 Å². The SMILES string of the molecule is CCNC(=NCc1noc(C)n1)NCCc1ccc2c(c1)CCO2.I. The molecule has 0 bridgehead atoms. The molecule has 0 unspecified atom stereocenters. The molecule has 8 heteroatoms. The highest BCUT2D eigenvalue weighted by molar-refractivity contribution is 14.0. The Balaban J connectivity index is 0.00000225. The molecule has 0 fully saturated rings. The first-order valence-electron chi connectivity index (χ1n) is 8.30. The number of aliphatic imine (C=N–C) groups is 1. The van der Waals surface area contributed by atoms with Crippen LogP contribution in [0.25, 0.3) is 0 Å². The summed E-state index contributed by atoms with van der Waals surface area (Å²) >= 11 is 0. The van der Waals surface area contributed by atoms with Crippen molar-refractivity contribution in [1.82, 2.24) is 20.8 Å². The maximum absolute atomic E-state index is 5.54. The number of nitrogens with one attached hydrogen (secondary N) is 2. The second-order valence-electron chi connectivity index (χ2n) is 5.64. The van der Waals surface area contributed by atoms with E-state index in [0.29, 0.717) is 18.3 Å². The molecule has 2 heterocycles. The molecular weight excluding hydrogens is 433 g/mol. The van der Waals surface area contributed by atoms with Crippen LogP contribution >= 0.6 is 24.0 Å². The third kappa shape index (κ3) is 5.58. The first kappa shape index (κ1) is 19.5. The van der Waals surface area contributed by atoms with Crippen molar-refractivity contribution >= 4 is 29.9 Å². The Morgan fingerprint density at radius 3 is 2.96 bits per heavy atom. The molecule has 1 aliphatic rings. The highest BCUT2D eigenvalue weighted by Crippen LogP contribution is 2.25. The summed E-state index contributed by atoms with van der Waals surface area (Å²) in [7, 11) is 0. The number of fused-ring (bicyclic) bond motifs is 1. The van der Waals surface area contributed by atoms with E-state index in [1.165, 1.54) is 11.1 Å². The van der Waals surface area contributed by atoms with E-state index in [0.717, 1.165) is 44.2 Å². The standard InChI is InChI=1S/C17H23N5O2.HI/c1-3-18-17(20-11-16-21-12(2)24-22-16)19-8-6-13-4-5-15-14(10-13)7-9-23-15;/h4-5,10H,3,6-9,11H2,1-2H3,(H2,18,19,20);1H. The Morgan fingerprint density at radius 2 is 2.20 bits per heavy atom. The predicted octanol–water partition coefficient (Wildman–Crippen LogP) is 2.23. The lowest BCUT2D eigenvalue weighted by Gasteiger charge is -2.11. The molecule has 3 rings (SSSR count). The second-order valence-corrected chi connectivity index (χ2v) is 5.64. The largest absolute Gasteiger partial charge is 0.493 e. The number of halogens is 1. The molecule has 0 radical (unpaired) electrons. The van der Waals surface area contributed by atoms with E-state index < -0.39 is 0 Å². The number of hydrogen-bond donors (Lipinski definition) is 2. The van der Waals surface area contributed by atoms with Gasteiger partial charge < -0.3 is 19.9 Å². The number of guanidine groups is 1. The van der Waals surface area contributed by atoms with Crippen LogP contribution in [0, 0.1) is 6.92 Å². The van der Waals surface area contributed by atoms with Crippen LogP contribution in [0.1, 0.15) is 29.8 Å². The molecule has 0 aliphatic carbocycles. The van der Waals surface area contributed by atoms with E-state index in [-0.39, 0.29) is 24.0 Å². The van der Waals surface area contributed by atoms with Crippen LogP contribution in [-0.2, 0) is 19.4 Å². The molecule has 136 valence electrons. The van der Waals surface area contributed by atoms with E-state index in [9.17, 15) is 0 Å². The normalized spacial score (nSPS) is 13.0. The lowest BCUT2D eigenvalue weighted by Crippen LogP contribution is -2.38.